The van der Waals surface area contributed by atoms with Gasteiger partial charge in [-0.2, -0.15) is 0 Å². The van der Waals surface area contributed by atoms with Crippen molar-refractivity contribution in [2.24, 2.45) is 0 Å². The van der Waals surface area contributed by atoms with Crippen molar-refractivity contribution in [2.45, 2.75) is 51.2 Å². The molecule has 0 aliphatic carbocycles. The summed E-state index contributed by atoms with van der Waals surface area (Å²) in [7, 11) is 0. The summed E-state index contributed by atoms with van der Waals surface area (Å²) in [6.07, 6.45) is 9.38. The molecular formula is C14H22N4. The Morgan fingerprint density at radius 2 is 2.00 bits per heavy atom. The van der Waals surface area contributed by atoms with Crippen molar-refractivity contribution in [2.75, 3.05) is 18.0 Å². The summed E-state index contributed by atoms with van der Waals surface area (Å²) in [6, 6.07) is 2.13. The van der Waals surface area contributed by atoms with Gasteiger partial charge in [-0.15, -0.1) is 0 Å². The highest BCUT2D eigenvalue weighted by Crippen LogP contribution is 2.32. The van der Waals surface area contributed by atoms with Crippen LogP contribution in [0.15, 0.2) is 18.6 Å². The maximum atomic E-state index is 4.44. The Hall–Kier alpha value is -1.16. The molecule has 2 saturated heterocycles. The van der Waals surface area contributed by atoms with Crippen LogP contribution in [0.5, 0.6) is 0 Å². The van der Waals surface area contributed by atoms with Crippen molar-refractivity contribution in [3.8, 4) is 0 Å². The zero-order valence-corrected chi connectivity index (χ0v) is 11.3. The molecule has 0 saturated carbocycles. The lowest BCUT2D eigenvalue weighted by atomic mass is 10.1. The highest BCUT2D eigenvalue weighted by molar-refractivity contribution is 5.36. The quantitative estimate of drug-likeness (QED) is 0.798. The number of hydrogen-bond acceptors (Lipinski definition) is 4. The summed E-state index contributed by atoms with van der Waals surface area (Å²) < 4.78 is 0. The molecule has 2 aliphatic rings. The fourth-order valence-corrected chi connectivity index (χ4v) is 3.62. The van der Waals surface area contributed by atoms with Gasteiger partial charge in [-0.1, -0.05) is 0 Å². The lowest BCUT2D eigenvalue weighted by Crippen LogP contribution is -2.43. The standard InChI is InChI=1S/C14H22N4/c1-11(2)18-12-3-4-13(18)10-17(8-5-12)14-9-15-6-7-16-14/h6-7,9,11-13H,3-5,8,10H2,1-2H3. The van der Waals surface area contributed by atoms with Gasteiger partial charge in [0, 0.05) is 43.6 Å². The van der Waals surface area contributed by atoms with E-state index in [1.165, 1.54) is 19.3 Å². The first-order chi connectivity index (χ1) is 8.75. The van der Waals surface area contributed by atoms with Crippen molar-refractivity contribution in [3.05, 3.63) is 18.6 Å². The summed E-state index contributed by atoms with van der Waals surface area (Å²) in [4.78, 5) is 13.8. The van der Waals surface area contributed by atoms with Crippen LogP contribution in [0, 0.1) is 0 Å². The Morgan fingerprint density at radius 3 is 2.72 bits per heavy atom. The lowest BCUT2D eigenvalue weighted by molar-refractivity contribution is 0.158. The van der Waals surface area contributed by atoms with E-state index in [1.54, 1.807) is 12.4 Å². The second-order valence-corrected chi connectivity index (χ2v) is 5.72. The molecule has 4 nitrogen and oxygen atoms in total. The van der Waals surface area contributed by atoms with Crippen molar-refractivity contribution >= 4 is 5.82 Å². The molecule has 2 unspecified atom stereocenters. The van der Waals surface area contributed by atoms with Crippen LogP contribution in [0.2, 0.25) is 0 Å². The van der Waals surface area contributed by atoms with Gasteiger partial charge in [0.2, 0.25) is 0 Å². The van der Waals surface area contributed by atoms with Gasteiger partial charge in [0.25, 0.3) is 0 Å². The van der Waals surface area contributed by atoms with E-state index in [0.29, 0.717) is 12.1 Å². The zero-order valence-electron chi connectivity index (χ0n) is 11.3. The molecule has 0 N–H and O–H groups in total. The van der Waals surface area contributed by atoms with E-state index in [2.05, 4.69) is 33.6 Å². The minimum Gasteiger partial charge on any atom is -0.354 e. The predicted octanol–water partition coefficient (Wildman–Crippen LogP) is 1.93. The van der Waals surface area contributed by atoms with Crippen LogP contribution in [0.1, 0.15) is 33.1 Å². The molecule has 2 bridgehead atoms. The van der Waals surface area contributed by atoms with Crippen LogP contribution in [0.4, 0.5) is 5.82 Å². The fraction of sp³-hybridized carbons (Fsp3) is 0.714. The zero-order chi connectivity index (χ0) is 12.5. The van der Waals surface area contributed by atoms with Gasteiger partial charge in [-0.05, 0) is 33.1 Å². The van der Waals surface area contributed by atoms with E-state index in [0.717, 1.165) is 24.9 Å². The summed E-state index contributed by atoms with van der Waals surface area (Å²) >= 11 is 0. The molecule has 0 radical (unpaired) electrons. The van der Waals surface area contributed by atoms with Crippen molar-refractivity contribution in [3.63, 3.8) is 0 Å². The molecule has 0 amide bonds. The lowest BCUT2D eigenvalue weighted by Gasteiger charge is -2.32. The number of anilines is 1. The summed E-state index contributed by atoms with van der Waals surface area (Å²) in [5.41, 5.74) is 0. The van der Waals surface area contributed by atoms with Gasteiger partial charge in [-0.3, -0.25) is 9.88 Å². The molecule has 3 rings (SSSR count). The van der Waals surface area contributed by atoms with E-state index in [4.69, 9.17) is 0 Å². The third kappa shape index (κ3) is 2.09. The van der Waals surface area contributed by atoms with Crippen molar-refractivity contribution < 1.29 is 0 Å². The fourth-order valence-electron chi connectivity index (χ4n) is 3.62. The highest BCUT2D eigenvalue weighted by atomic mass is 15.3. The van der Waals surface area contributed by atoms with E-state index in [9.17, 15) is 0 Å². The first-order valence-electron chi connectivity index (χ1n) is 7.04. The third-order valence-corrected chi connectivity index (χ3v) is 4.31. The number of aromatic nitrogens is 2. The number of nitrogens with zero attached hydrogens (tertiary/aromatic N) is 4. The summed E-state index contributed by atoms with van der Waals surface area (Å²) in [6.45, 7) is 6.86. The van der Waals surface area contributed by atoms with Gasteiger partial charge in [-0.25, -0.2) is 4.98 Å². The average Bonchev–Trinajstić information content (AvgIpc) is 2.65. The van der Waals surface area contributed by atoms with Crippen LogP contribution in [-0.2, 0) is 0 Å². The molecule has 2 atom stereocenters. The molecule has 0 spiro atoms. The van der Waals surface area contributed by atoms with Crippen LogP contribution >= 0.6 is 0 Å². The van der Waals surface area contributed by atoms with E-state index >= 15 is 0 Å². The van der Waals surface area contributed by atoms with Gasteiger partial charge < -0.3 is 4.90 Å². The summed E-state index contributed by atoms with van der Waals surface area (Å²) in [5.74, 6) is 1.04. The Bertz CT molecular complexity index is 392. The molecule has 98 valence electrons. The second kappa shape index (κ2) is 4.84. The minimum absolute atomic E-state index is 0.657. The molecular weight excluding hydrogens is 224 g/mol. The van der Waals surface area contributed by atoms with Crippen LogP contribution in [0.25, 0.3) is 0 Å². The van der Waals surface area contributed by atoms with Crippen LogP contribution in [-0.4, -0.2) is 46.1 Å². The molecule has 4 heteroatoms. The predicted molar refractivity (Wildman–Crippen MR) is 72.6 cm³/mol. The number of rotatable bonds is 2. The minimum atomic E-state index is 0.657. The molecule has 18 heavy (non-hydrogen) atoms. The van der Waals surface area contributed by atoms with Gasteiger partial charge in [0.15, 0.2) is 0 Å². The monoisotopic (exact) mass is 246 g/mol. The number of fused-ring (bicyclic) bond motifs is 2. The van der Waals surface area contributed by atoms with Crippen molar-refractivity contribution in [1.29, 1.82) is 0 Å². The van der Waals surface area contributed by atoms with Crippen molar-refractivity contribution in [1.82, 2.24) is 14.9 Å². The average molecular weight is 246 g/mol. The SMILES string of the molecule is CC(C)N1C2CCC1CN(c1cnccn1)CC2. The Morgan fingerprint density at radius 1 is 1.17 bits per heavy atom. The normalized spacial score (nSPS) is 28.7. The molecule has 0 aromatic carbocycles. The van der Waals surface area contributed by atoms with Crippen LogP contribution < -0.4 is 4.90 Å². The molecule has 3 heterocycles. The Kier molecular flexibility index (Phi) is 3.20. The van der Waals surface area contributed by atoms with Gasteiger partial charge in [0.05, 0.1) is 6.20 Å². The van der Waals surface area contributed by atoms with E-state index < -0.39 is 0 Å². The van der Waals surface area contributed by atoms with Crippen LogP contribution in [0.3, 0.4) is 0 Å². The topological polar surface area (TPSA) is 32.3 Å². The van der Waals surface area contributed by atoms with Gasteiger partial charge >= 0.3 is 0 Å². The largest absolute Gasteiger partial charge is 0.354 e. The van der Waals surface area contributed by atoms with E-state index in [1.807, 2.05) is 6.20 Å². The molecule has 1 aromatic rings. The smallest absolute Gasteiger partial charge is 0.147 e. The first kappa shape index (κ1) is 11.9. The molecule has 1 aromatic heterocycles. The Labute approximate surface area is 109 Å². The first-order valence-corrected chi connectivity index (χ1v) is 7.04. The third-order valence-electron chi connectivity index (χ3n) is 4.31. The van der Waals surface area contributed by atoms with Gasteiger partial charge in [0.1, 0.15) is 5.82 Å². The Balaban J connectivity index is 1.79. The second-order valence-electron chi connectivity index (χ2n) is 5.72. The summed E-state index contributed by atoms with van der Waals surface area (Å²) in [5, 5.41) is 0. The maximum Gasteiger partial charge on any atom is 0.147 e. The molecule has 2 fully saturated rings. The maximum absolute atomic E-state index is 4.44. The highest BCUT2D eigenvalue weighted by Gasteiger charge is 2.38. The van der Waals surface area contributed by atoms with E-state index in [-0.39, 0.29) is 0 Å². The molecule has 2 aliphatic heterocycles. The number of hydrogen-bond donors (Lipinski definition) is 0.